The van der Waals surface area contributed by atoms with Crippen molar-refractivity contribution in [1.82, 2.24) is 16.0 Å². The third-order valence-electron chi connectivity index (χ3n) is 3.70. The van der Waals surface area contributed by atoms with Crippen molar-refractivity contribution in [3.63, 3.8) is 0 Å². The van der Waals surface area contributed by atoms with Gasteiger partial charge in [-0.05, 0) is 18.6 Å². The molecule has 1 rings (SSSR count). The third kappa shape index (κ3) is 8.36. The van der Waals surface area contributed by atoms with Gasteiger partial charge in [-0.15, -0.1) is 0 Å². The minimum atomic E-state index is -1.49. The molecule has 0 saturated heterocycles. The maximum atomic E-state index is 12.0. The summed E-state index contributed by atoms with van der Waals surface area (Å²) in [6.45, 7) is -0.634. The highest BCUT2D eigenvalue weighted by molar-refractivity contribution is 7.80. The number of carbonyl (C=O) groups is 5. The van der Waals surface area contributed by atoms with Gasteiger partial charge >= 0.3 is 18.0 Å². The van der Waals surface area contributed by atoms with Gasteiger partial charge in [0.1, 0.15) is 18.6 Å². The maximum absolute atomic E-state index is 12.0. The number of hydroxylamine groups is 1. The quantitative estimate of drug-likeness (QED) is 0.135. The number of carboxylic acids is 2. The number of amides is 4. The normalized spacial score (nSPS) is 12.2. The number of hydrogen-bond acceptors (Lipinski definition) is 7. The SMILES string of the molecule is O=C(O)CNC(=O)[C@H](CS)NC(=O)CC[C@H](NC(=O)N(O)c1ccccc1)C(=O)O. The predicted molar refractivity (Wildman–Crippen MR) is 106 cm³/mol. The average Bonchev–Trinajstić information content (AvgIpc) is 2.72. The van der Waals surface area contributed by atoms with Crippen molar-refractivity contribution in [2.75, 3.05) is 17.4 Å². The molecule has 0 radical (unpaired) electrons. The molecule has 0 bridgehead atoms. The number of rotatable bonds is 11. The minimum Gasteiger partial charge on any atom is -0.480 e. The molecule has 0 saturated carbocycles. The summed E-state index contributed by atoms with van der Waals surface area (Å²) >= 11 is 3.91. The van der Waals surface area contributed by atoms with Crippen molar-refractivity contribution in [3.8, 4) is 0 Å². The molecule has 4 amide bonds. The molecule has 6 N–H and O–H groups in total. The number of carbonyl (C=O) groups excluding carboxylic acids is 3. The first-order chi connectivity index (χ1) is 14.1. The van der Waals surface area contributed by atoms with E-state index < -0.39 is 48.4 Å². The van der Waals surface area contributed by atoms with E-state index in [-0.39, 0.29) is 29.3 Å². The summed E-state index contributed by atoms with van der Waals surface area (Å²) in [6, 6.07) is 3.93. The second-order valence-electron chi connectivity index (χ2n) is 5.94. The molecule has 0 unspecified atom stereocenters. The number of urea groups is 1. The van der Waals surface area contributed by atoms with E-state index in [1.807, 2.05) is 0 Å². The van der Waals surface area contributed by atoms with E-state index in [0.717, 1.165) is 0 Å². The number of thiol groups is 1. The summed E-state index contributed by atoms with van der Waals surface area (Å²) in [5, 5.41) is 34.4. The molecule has 0 spiro atoms. The van der Waals surface area contributed by atoms with E-state index >= 15 is 0 Å². The fraction of sp³-hybridized carbons (Fsp3) is 0.353. The van der Waals surface area contributed by atoms with E-state index in [1.165, 1.54) is 12.1 Å². The van der Waals surface area contributed by atoms with Crippen LogP contribution in [0.15, 0.2) is 30.3 Å². The molecule has 1 aromatic rings. The first kappa shape index (κ1) is 24.7. The van der Waals surface area contributed by atoms with Crippen LogP contribution in [-0.2, 0) is 19.2 Å². The zero-order valence-corrected chi connectivity index (χ0v) is 16.5. The number of anilines is 1. The van der Waals surface area contributed by atoms with Crippen LogP contribution in [-0.4, -0.2) is 69.6 Å². The van der Waals surface area contributed by atoms with Crippen molar-refractivity contribution in [1.29, 1.82) is 0 Å². The van der Waals surface area contributed by atoms with Crippen LogP contribution in [0.4, 0.5) is 10.5 Å². The van der Waals surface area contributed by atoms with E-state index in [9.17, 15) is 34.3 Å². The Balaban J connectivity index is 2.59. The highest BCUT2D eigenvalue weighted by Crippen LogP contribution is 2.11. The lowest BCUT2D eigenvalue weighted by Gasteiger charge is -2.20. The largest absolute Gasteiger partial charge is 0.480 e. The number of nitrogens with one attached hydrogen (secondary N) is 3. The zero-order chi connectivity index (χ0) is 22.7. The zero-order valence-electron chi connectivity index (χ0n) is 15.6. The lowest BCUT2D eigenvalue weighted by atomic mass is 10.1. The molecule has 0 aliphatic heterocycles. The second-order valence-corrected chi connectivity index (χ2v) is 6.31. The summed E-state index contributed by atoms with van der Waals surface area (Å²) < 4.78 is 0. The number of benzene rings is 1. The number of nitrogens with zero attached hydrogens (tertiary/aromatic N) is 1. The molecule has 0 aliphatic rings. The van der Waals surface area contributed by atoms with E-state index in [4.69, 9.17) is 5.11 Å². The highest BCUT2D eigenvalue weighted by atomic mass is 32.1. The molecular formula is C17H22N4O8S. The molecule has 0 fully saturated rings. The second kappa shape index (κ2) is 12.3. The molecule has 30 heavy (non-hydrogen) atoms. The Hall–Kier alpha value is -3.32. The van der Waals surface area contributed by atoms with Gasteiger partial charge in [-0.2, -0.15) is 17.7 Å². The fourth-order valence-electron chi connectivity index (χ4n) is 2.18. The Bertz CT molecular complexity index is 776. The maximum Gasteiger partial charge on any atom is 0.346 e. The van der Waals surface area contributed by atoms with E-state index in [0.29, 0.717) is 0 Å². The van der Waals surface area contributed by atoms with Gasteiger partial charge in [-0.3, -0.25) is 19.6 Å². The van der Waals surface area contributed by atoms with Gasteiger partial charge in [0, 0.05) is 12.2 Å². The van der Waals surface area contributed by atoms with Crippen molar-refractivity contribution in [2.24, 2.45) is 0 Å². The van der Waals surface area contributed by atoms with Gasteiger partial charge in [-0.1, -0.05) is 18.2 Å². The molecule has 13 heteroatoms. The molecule has 12 nitrogen and oxygen atoms in total. The van der Waals surface area contributed by atoms with Crippen LogP contribution in [0.5, 0.6) is 0 Å². The van der Waals surface area contributed by atoms with Crippen LogP contribution >= 0.6 is 12.6 Å². The standard InChI is InChI=1S/C17H22N4O8S/c22-13(19-12(9-30)15(25)18-8-14(23)24)7-6-11(16(26)27)20-17(28)21(29)10-4-2-1-3-5-10/h1-5,11-12,29-30H,6-9H2,(H,18,25)(H,19,22)(H,20,28)(H,23,24)(H,26,27)/t11-,12-/m0/s1. The third-order valence-corrected chi connectivity index (χ3v) is 4.06. The number of para-hydroxylation sites is 1. The first-order valence-corrected chi connectivity index (χ1v) is 9.26. The van der Waals surface area contributed by atoms with Crippen LogP contribution in [0.2, 0.25) is 0 Å². The van der Waals surface area contributed by atoms with E-state index in [1.54, 1.807) is 18.2 Å². The Labute approximate surface area is 176 Å². The Morgan fingerprint density at radius 3 is 2.17 bits per heavy atom. The number of carboxylic acid groups (broad SMARTS) is 2. The van der Waals surface area contributed by atoms with Gasteiger partial charge in [0.2, 0.25) is 11.8 Å². The van der Waals surface area contributed by atoms with Crippen molar-refractivity contribution in [2.45, 2.75) is 24.9 Å². The summed E-state index contributed by atoms with van der Waals surface area (Å²) in [5.41, 5.74) is 0.112. The molecule has 0 aliphatic carbocycles. The predicted octanol–water partition coefficient (Wildman–Crippen LogP) is -0.559. The molecular weight excluding hydrogens is 420 g/mol. The fourth-order valence-corrected chi connectivity index (χ4v) is 2.43. The van der Waals surface area contributed by atoms with Crippen LogP contribution in [0.25, 0.3) is 0 Å². The minimum absolute atomic E-state index is 0.112. The molecule has 1 aromatic carbocycles. The highest BCUT2D eigenvalue weighted by Gasteiger charge is 2.25. The Kier molecular flexibility index (Phi) is 10.1. The molecule has 164 valence electrons. The smallest absolute Gasteiger partial charge is 0.346 e. The van der Waals surface area contributed by atoms with Gasteiger partial charge in [-0.25, -0.2) is 9.59 Å². The Morgan fingerprint density at radius 2 is 1.63 bits per heavy atom. The topological polar surface area (TPSA) is 185 Å². The van der Waals surface area contributed by atoms with Gasteiger partial charge < -0.3 is 26.2 Å². The van der Waals surface area contributed by atoms with Crippen LogP contribution < -0.4 is 21.0 Å². The monoisotopic (exact) mass is 442 g/mol. The molecule has 0 aromatic heterocycles. The molecule has 0 heterocycles. The van der Waals surface area contributed by atoms with Gasteiger partial charge in [0.25, 0.3) is 0 Å². The van der Waals surface area contributed by atoms with Crippen LogP contribution in [0.1, 0.15) is 12.8 Å². The van der Waals surface area contributed by atoms with Crippen molar-refractivity contribution >= 4 is 48.1 Å². The van der Waals surface area contributed by atoms with Gasteiger partial charge in [0.15, 0.2) is 0 Å². The van der Waals surface area contributed by atoms with Gasteiger partial charge in [0.05, 0.1) is 5.69 Å². The van der Waals surface area contributed by atoms with Crippen molar-refractivity contribution in [3.05, 3.63) is 30.3 Å². The number of hydrogen-bond donors (Lipinski definition) is 7. The van der Waals surface area contributed by atoms with Crippen molar-refractivity contribution < 1.29 is 39.4 Å². The summed E-state index contributed by atoms with van der Waals surface area (Å²) in [5.74, 6) is -4.28. The molecule has 2 atom stereocenters. The van der Waals surface area contributed by atoms with Crippen LogP contribution in [0, 0.1) is 0 Å². The lowest BCUT2D eigenvalue weighted by Crippen LogP contribution is -2.50. The summed E-state index contributed by atoms with van der Waals surface area (Å²) in [6.07, 6.45) is -0.698. The Morgan fingerprint density at radius 1 is 1.00 bits per heavy atom. The summed E-state index contributed by atoms with van der Waals surface area (Å²) in [4.78, 5) is 57.7. The van der Waals surface area contributed by atoms with Crippen LogP contribution in [0.3, 0.4) is 0 Å². The first-order valence-electron chi connectivity index (χ1n) is 8.62. The summed E-state index contributed by atoms with van der Waals surface area (Å²) in [7, 11) is 0. The average molecular weight is 442 g/mol. The van der Waals surface area contributed by atoms with E-state index in [2.05, 4.69) is 28.6 Å². The lowest BCUT2D eigenvalue weighted by molar-refractivity contribution is -0.139. The number of aliphatic carboxylic acids is 2.